The van der Waals surface area contributed by atoms with Crippen molar-refractivity contribution in [3.8, 4) is 11.5 Å². The van der Waals surface area contributed by atoms with E-state index in [0.29, 0.717) is 11.5 Å². The number of carbonyl (C=O) groups is 2. The van der Waals surface area contributed by atoms with Gasteiger partial charge < -0.3 is 19.5 Å². The van der Waals surface area contributed by atoms with Crippen molar-refractivity contribution in [1.29, 1.82) is 0 Å². The first kappa shape index (κ1) is 17.7. The average Bonchev–Trinajstić information content (AvgIpc) is 3.07. The summed E-state index contributed by atoms with van der Waals surface area (Å²) < 4.78 is 42.2. The summed E-state index contributed by atoms with van der Waals surface area (Å²) in [6, 6.07) is 7.81. The summed E-state index contributed by atoms with van der Waals surface area (Å²) >= 11 is 0. The van der Waals surface area contributed by atoms with Gasteiger partial charge in [0.2, 0.25) is 6.79 Å². The molecular formula is C18H15F2NO5. The molecule has 136 valence electrons. The van der Waals surface area contributed by atoms with Gasteiger partial charge in [-0.05, 0) is 36.8 Å². The Morgan fingerprint density at radius 3 is 2.58 bits per heavy atom. The number of rotatable bonds is 5. The zero-order chi connectivity index (χ0) is 18.7. The number of amides is 1. The molecule has 0 fully saturated rings. The number of fused-ring (bicyclic) bond motifs is 1. The lowest BCUT2D eigenvalue weighted by molar-refractivity contribution is -0.124. The van der Waals surface area contributed by atoms with Gasteiger partial charge in [0.1, 0.15) is 17.2 Å². The Balaban J connectivity index is 1.56. The topological polar surface area (TPSA) is 73.9 Å². The number of halogens is 2. The van der Waals surface area contributed by atoms with Gasteiger partial charge in [-0.2, -0.15) is 0 Å². The molecule has 2 aromatic rings. The smallest absolute Gasteiger partial charge is 0.344 e. The van der Waals surface area contributed by atoms with Crippen molar-refractivity contribution in [3.63, 3.8) is 0 Å². The summed E-state index contributed by atoms with van der Waals surface area (Å²) in [6.07, 6.45) is 0. The van der Waals surface area contributed by atoms with Crippen LogP contribution in [0.1, 0.15) is 28.9 Å². The summed E-state index contributed by atoms with van der Waals surface area (Å²) in [6.45, 7) is 1.21. The summed E-state index contributed by atoms with van der Waals surface area (Å²) in [4.78, 5) is 23.7. The Hall–Kier alpha value is -3.16. The number of carbonyl (C=O) groups excluding carboxylic acids is 2. The molecule has 1 heterocycles. The fourth-order valence-corrected chi connectivity index (χ4v) is 2.45. The van der Waals surface area contributed by atoms with Crippen LogP contribution in [0.5, 0.6) is 11.5 Å². The van der Waals surface area contributed by atoms with Gasteiger partial charge in [-0.3, -0.25) is 4.79 Å². The summed E-state index contributed by atoms with van der Waals surface area (Å²) in [5.74, 6) is -2.77. The third-order valence-corrected chi connectivity index (χ3v) is 3.78. The van der Waals surface area contributed by atoms with Gasteiger partial charge >= 0.3 is 5.97 Å². The van der Waals surface area contributed by atoms with Crippen LogP contribution < -0.4 is 14.8 Å². The van der Waals surface area contributed by atoms with Crippen LogP contribution >= 0.6 is 0 Å². The molecule has 26 heavy (non-hydrogen) atoms. The van der Waals surface area contributed by atoms with Crippen molar-refractivity contribution in [2.24, 2.45) is 0 Å². The lowest BCUT2D eigenvalue weighted by Gasteiger charge is -2.15. The van der Waals surface area contributed by atoms with E-state index in [-0.39, 0.29) is 6.79 Å². The lowest BCUT2D eigenvalue weighted by Crippen LogP contribution is -2.31. The lowest BCUT2D eigenvalue weighted by atomic mass is 10.1. The number of hydrogen-bond acceptors (Lipinski definition) is 5. The molecular weight excluding hydrogens is 348 g/mol. The van der Waals surface area contributed by atoms with Crippen LogP contribution in [0.15, 0.2) is 36.4 Å². The number of ether oxygens (including phenoxy) is 3. The minimum Gasteiger partial charge on any atom is -0.454 e. The van der Waals surface area contributed by atoms with E-state index in [1.165, 1.54) is 0 Å². The van der Waals surface area contributed by atoms with Crippen LogP contribution in [-0.2, 0) is 9.53 Å². The molecule has 0 unspecified atom stereocenters. The maximum atomic E-state index is 13.5. The zero-order valence-electron chi connectivity index (χ0n) is 13.8. The number of nitrogens with one attached hydrogen (secondary N) is 1. The van der Waals surface area contributed by atoms with Gasteiger partial charge in [0.05, 0.1) is 6.04 Å². The van der Waals surface area contributed by atoms with Crippen molar-refractivity contribution in [2.45, 2.75) is 13.0 Å². The van der Waals surface area contributed by atoms with E-state index in [0.717, 1.165) is 23.8 Å². The summed E-state index contributed by atoms with van der Waals surface area (Å²) in [7, 11) is 0. The van der Waals surface area contributed by atoms with E-state index < -0.39 is 41.7 Å². The maximum Gasteiger partial charge on any atom is 0.344 e. The Labute approximate surface area is 147 Å². The van der Waals surface area contributed by atoms with E-state index in [2.05, 4.69) is 10.1 Å². The third kappa shape index (κ3) is 3.74. The fourth-order valence-electron chi connectivity index (χ4n) is 2.45. The SMILES string of the molecule is C[C@H](NC(=O)COC(=O)c1c(F)cccc1F)c1ccc2c(c1)OCO2. The van der Waals surface area contributed by atoms with Crippen LogP contribution in [0.4, 0.5) is 8.78 Å². The Morgan fingerprint density at radius 2 is 1.85 bits per heavy atom. The van der Waals surface area contributed by atoms with Crippen LogP contribution in [-0.4, -0.2) is 25.3 Å². The summed E-state index contributed by atoms with van der Waals surface area (Å²) in [5.41, 5.74) is -0.0711. The van der Waals surface area contributed by atoms with Gasteiger partial charge in [-0.1, -0.05) is 12.1 Å². The number of benzene rings is 2. The molecule has 0 spiro atoms. The standard InChI is InChI=1S/C18H15F2NO5/c1-10(11-5-6-14-15(7-11)26-9-25-14)21-16(22)8-24-18(23)17-12(19)3-2-4-13(17)20/h2-7,10H,8-9H2,1H3,(H,21,22)/t10-/m0/s1. The second-order valence-electron chi connectivity index (χ2n) is 5.57. The van der Waals surface area contributed by atoms with E-state index in [4.69, 9.17) is 9.47 Å². The van der Waals surface area contributed by atoms with Gasteiger partial charge in [0.25, 0.3) is 5.91 Å². The highest BCUT2D eigenvalue weighted by Gasteiger charge is 2.21. The first-order valence-corrected chi connectivity index (χ1v) is 7.75. The summed E-state index contributed by atoms with van der Waals surface area (Å²) in [5, 5.41) is 2.62. The monoisotopic (exact) mass is 363 g/mol. The molecule has 1 aliphatic heterocycles. The predicted octanol–water partition coefficient (Wildman–Crippen LogP) is 2.73. The molecule has 8 heteroatoms. The first-order chi connectivity index (χ1) is 12.5. The highest BCUT2D eigenvalue weighted by molar-refractivity contribution is 5.91. The number of hydrogen-bond donors (Lipinski definition) is 1. The van der Waals surface area contributed by atoms with Crippen molar-refractivity contribution in [2.75, 3.05) is 13.4 Å². The van der Waals surface area contributed by atoms with E-state index in [1.54, 1.807) is 25.1 Å². The largest absolute Gasteiger partial charge is 0.454 e. The molecule has 2 aromatic carbocycles. The van der Waals surface area contributed by atoms with E-state index in [1.807, 2.05) is 0 Å². The van der Waals surface area contributed by atoms with Crippen LogP contribution in [0.3, 0.4) is 0 Å². The van der Waals surface area contributed by atoms with E-state index in [9.17, 15) is 18.4 Å². The molecule has 6 nitrogen and oxygen atoms in total. The Morgan fingerprint density at radius 1 is 1.15 bits per heavy atom. The molecule has 0 aromatic heterocycles. The molecule has 1 amide bonds. The normalized spacial score (nSPS) is 13.2. The molecule has 1 N–H and O–H groups in total. The first-order valence-electron chi connectivity index (χ1n) is 7.75. The van der Waals surface area contributed by atoms with E-state index >= 15 is 0 Å². The Bertz CT molecular complexity index is 835. The number of esters is 1. The van der Waals surface area contributed by atoms with Gasteiger partial charge in [0, 0.05) is 0 Å². The minimum absolute atomic E-state index is 0.141. The van der Waals surface area contributed by atoms with Crippen LogP contribution in [0.25, 0.3) is 0 Å². The second kappa shape index (κ2) is 7.38. The van der Waals surface area contributed by atoms with Crippen molar-refractivity contribution in [3.05, 3.63) is 59.2 Å². The quantitative estimate of drug-likeness (QED) is 0.827. The van der Waals surface area contributed by atoms with Gasteiger partial charge in [-0.15, -0.1) is 0 Å². The predicted molar refractivity (Wildman–Crippen MR) is 85.8 cm³/mol. The molecule has 0 aliphatic carbocycles. The maximum absolute atomic E-state index is 13.5. The molecule has 0 saturated carbocycles. The molecule has 1 atom stereocenters. The minimum atomic E-state index is -1.24. The van der Waals surface area contributed by atoms with Crippen LogP contribution in [0, 0.1) is 11.6 Å². The van der Waals surface area contributed by atoms with Crippen molar-refractivity contribution in [1.82, 2.24) is 5.32 Å². The second-order valence-corrected chi connectivity index (χ2v) is 5.57. The molecule has 0 radical (unpaired) electrons. The highest BCUT2D eigenvalue weighted by atomic mass is 19.1. The van der Waals surface area contributed by atoms with Gasteiger partial charge in [-0.25, -0.2) is 13.6 Å². The van der Waals surface area contributed by atoms with Crippen molar-refractivity contribution < 1.29 is 32.6 Å². The van der Waals surface area contributed by atoms with Gasteiger partial charge in [0.15, 0.2) is 18.1 Å². The highest BCUT2D eigenvalue weighted by Crippen LogP contribution is 2.34. The average molecular weight is 363 g/mol. The Kier molecular flexibility index (Phi) is 5.01. The van der Waals surface area contributed by atoms with Crippen LogP contribution in [0.2, 0.25) is 0 Å². The fraction of sp³-hybridized carbons (Fsp3) is 0.222. The third-order valence-electron chi connectivity index (χ3n) is 3.78. The molecule has 3 rings (SSSR count). The molecule has 1 aliphatic rings. The van der Waals surface area contributed by atoms with Crippen molar-refractivity contribution >= 4 is 11.9 Å². The zero-order valence-corrected chi connectivity index (χ0v) is 13.8. The molecule has 0 saturated heterocycles. The molecule has 0 bridgehead atoms.